The maximum absolute atomic E-state index is 4.93. The van der Waals surface area contributed by atoms with Crippen LogP contribution in [0.1, 0.15) is 65.2 Å². The third kappa shape index (κ3) is 5.53. The monoisotopic (exact) mass is 211 g/mol. The van der Waals surface area contributed by atoms with Crippen molar-refractivity contribution in [2.75, 3.05) is 6.54 Å². The quantitative estimate of drug-likeness (QED) is 0.614. The Labute approximate surface area is 95.2 Å². The van der Waals surface area contributed by atoms with Crippen molar-refractivity contribution in [2.45, 2.75) is 77.4 Å². The average Bonchev–Trinajstić information content (AvgIpc) is 2.71. The SMILES string of the molecule is CCCCNC(CCC)[N]C1CCCC1. The molecule has 0 heterocycles. The van der Waals surface area contributed by atoms with E-state index in [-0.39, 0.29) is 0 Å². The molecule has 1 aliphatic rings. The van der Waals surface area contributed by atoms with Crippen LogP contribution in [-0.4, -0.2) is 18.8 Å². The first-order chi connectivity index (χ1) is 7.36. The summed E-state index contributed by atoms with van der Waals surface area (Å²) in [5.41, 5.74) is 0. The highest BCUT2D eigenvalue weighted by atomic mass is 15.1. The third-order valence-electron chi connectivity index (χ3n) is 3.19. The minimum atomic E-state index is 0.435. The van der Waals surface area contributed by atoms with Crippen LogP contribution in [0.2, 0.25) is 0 Å². The van der Waals surface area contributed by atoms with Gasteiger partial charge in [-0.05, 0) is 32.2 Å². The lowest BCUT2D eigenvalue weighted by Crippen LogP contribution is -2.41. The first-order valence-corrected chi connectivity index (χ1v) is 6.80. The molecule has 0 saturated heterocycles. The molecule has 1 rings (SSSR count). The molecule has 1 atom stereocenters. The van der Waals surface area contributed by atoms with Crippen molar-refractivity contribution in [1.82, 2.24) is 10.6 Å². The molecule has 1 fully saturated rings. The van der Waals surface area contributed by atoms with E-state index >= 15 is 0 Å². The fourth-order valence-electron chi connectivity index (χ4n) is 2.26. The van der Waals surface area contributed by atoms with Crippen molar-refractivity contribution in [1.29, 1.82) is 0 Å². The van der Waals surface area contributed by atoms with Crippen LogP contribution in [0.15, 0.2) is 0 Å². The van der Waals surface area contributed by atoms with Gasteiger partial charge in [0.05, 0.1) is 6.17 Å². The van der Waals surface area contributed by atoms with Crippen LogP contribution in [0, 0.1) is 0 Å². The number of rotatable bonds is 8. The van der Waals surface area contributed by atoms with Crippen molar-refractivity contribution in [3.8, 4) is 0 Å². The van der Waals surface area contributed by atoms with Gasteiger partial charge in [-0.1, -0.05) is 39.5 Å². The normalized spacial score (nSPS) is 19.6. The van der Waals surface area contributed by atoms with E-state index in [1.54, 1.807) is 0 Å². The minimum absolute atomic E-state index is 0.435. The smallest absolute Gasteiger partial charge is 0.0739 e. The van der Waals surface area contributed by atoms with Gasteiger partial charge in [0.2, 0.25) is 0 Å². The summed E-state index contributed by atoms with van der Waals surface area (Å²) in [6.45, 7) is 5.63. The molecule has 15 heavy (non-hydrogen) atoms. The molecule has 1 unspecified atom stereocenters. The molecule has 0 spiro atoms. The number of nitrogens with zero attached hydrogens (tertiary/aromatic N) is 1. The topological polar surface area (TPSA) is 26.1 Å². The van der Waals surface area contributed by atoms with Crippen LogP contribution in [0.5, 0.6) is 0 Å². The van der Waals surface area contributed by atoms with Gasteiger partial charge < -0.3 is 5.32 Å². The lowest BCUT2D eigenvalue weighted by Gasteiger charge is -2.21. The first kappa shape index (κ1) is 13.0. The van der Waals surface area contributed by atoms with E-state index in [0.29, 0.717) is 12.2 Å². The highest BCUT2D eigenvalue weighted by Crippen LogP contribution is 2.19. The summed E-state index contributed by atoms with van der Waals surface area (Å²) < 4.78 is 0. The van der Waals surface area contributed by atoms with Crippen LogP contribution >= 0.6 is 0 Å². The fourth-order valence-corrected chi connectivity index (χ4v) is 2.26. The summed E-state index contributed by atoms with van der Waals surface area (Å²) in [4.78, 5) is 0. The van der Waals surface area contributed by atoms with Crippen LogP contribution in [0.3, 0.4) is 0 Å². The molecule has 0 bridgehead atoms. The highest BCUT2D eigenvalue weighted by Gasteiger charge is 2.19. The lowest BCUT2D eigenvalue weighted by atomic mass is 10.2. The van der Waals surface area contributed by atoms with Crippen molar-refractivity contribution < 1.29 is 0 Å². The standard InChI is InChI=1S/C13H27N2/c1-3-5-11-14-13(8-4-2)15-12-9-6-7-10-12/h12-14H,3-11H2,1-2H3. The number of unbranched alkanes of at least 4 members (excludes halogenated alkanes) is 1. The number of nitrogens with one attached hydrogen (secondary N) is 1. The lowest BCUT2D eigenvalue weighted by molar-refractivity contribution is 0.341. The molecule has 0 amide bonds. The van der Waals surface area contributed by atoms with Gasteiger partial charge in [0.25, 0.3) is 0 Å². The van der Waals surface area contributed by atoms with E-state index in [9.17, 15) is 0 Å². The Balaban J connectivity index is 2.16. The Morgan fingerprint density at radius 3 is 2.53 bits per heavy atom. The van der Waals surface area contributed by atoms with Gasteiger partial charge >= 0.3 is 0 Å². The molecule has 2 heteroatoms. The van der Waals surface area contributed by atoms with Gasteiger partial charge in [-0.15, -0.1) is 0 Å². The summed E-state index contributed by atoms with van der Waals surface area (Å²) in [5.74, 6) is 0. The van der Waals surface area contributed by atoms with Crippen molar-refractivity contribution >= 4 is 0 Å². The second-order valence-corrected chi connectivity index (χ2v) is 4.70. The third-order valence-corrected chi connectivity index (χ3v) is 3.19. The zero-order valence-electron chi connectivity index (χ0n) is 10.5. The average molecular weight is 211 g/mol. The zero-order valence-corrected chi connectivity index (χ0v) is 10.5. The summed E-state index contributed by atoms with van der Waals surface area (Å²) in [6, 6.07) is 0.663. The van der Waals surface area contributed by atoms with Gasteiger partial charge in [-0.2, -0.15) is 0 Å². The Morgan fingerprint density at radius 2 is 1.93 bits per heavy atom. The predicted molar refractivity (Wildman–Crippen MR) is 66.0 cm³/mol. The number of hydrogen-bond acceptors (Lipinski definition) is 1. The van der Waals surface area contributed by atoms with E-state index in [0.717, 1.165) is 6.54 Å². The van der Waals surface area contributed by atoms with Crippen LogP contribution < -0.4 is 10.6 Å². The molecular weight excluding hydrogens is 184 g/mol. The van der Waals surface area contributed by atoms with Crippen molar-refractivity contribution in [3.63, 3.8) is 0 Å². The zero-order chi connectivity index (χ0) is 10.9. The molecular formula is C13H27N2. The first-order valence-electron chi connectivity index (χ1n) is 6.80. The molecule has 0 aliphatic heterocycles. The van der Waals surface area contributed by atoms with Gasteiger partial charge in [-0.25, -0.2) is 5.32 Å². The summed E-state index contributed by atoms with van der Waals surface area (Å²) in [7, 11) is 0. The number of hydrogen-bond donors (Lipinski definition) is 1. The Bertz CT molecular complexity index is 141. The summed E-state index contributed by atoms with van der Waals surface area (Å²) in [5, 5.41) is 8.51. The second-order valence-electron chi connectivity index (χ2n) is 4.70. The largest absolute Gasteiger partial charge is 0.301 e. The van der Waals surface area contributed by atoms with E-state index < -0.39 is 0 Å². The predicted octanol–water partition coefficient (Wildman–Crippen LogP) is 3.05. The van der Waals surface area contributed by atoms with E-state index in [1.807, 2.05) is 0 Å². The Morgan fingerprint density at radius 1 is 1.20 bits per heavy atom. The van der Waals surface area contributed by atoms with Crippen LogP contribution in [0.4, 0.5) is 0 Å². The summed E-state index contributed by atoms with van der Waals surface area (Å²) >= 11 is 0. The highest BCUT2D eigenvalue weighted by molar-refractivity contribution is 4.77. The molecule has 2 nitrogen and oxygen atoms in total. The molecule has 0 aromatic heterocycles. The van der Waals surface area contributed by atoms with Gasteiger partial charge in [-0.3, -0.25) is 0 Å². The molecule has 0 aromatic rings. The van der Waals surface area contributed by atoms with Gasteiger partial charge in [0, 0.05) is 6.04 Å². The van der Waals surface area contributed by atoms with Gasteiger partial charge in [0.1, 0.15) is 0 Å². The Kier molecular flexibility index (Phi) is 7.03. The van der Waals surface area contributed by atoms with Crippen LogP contribution in [-0.2, 0) is 0 Å². The molecule has 1 aliphatic carbocycles. The Hall–Kier alpha value is -0.0800. The van der Waals surface area contributed by atoms with Gasteiger partial charge in [0.15, 0.2) is 0 Å². The molecule has 1 N–H and O–H groups in total. The molecule has 1 saturated carbocycles. The van der Waals surface area contributed by atoms with Crippen molar-refractivity contribution in [3.05, 3.63) is 0 Å². The maximum Gasteiger partial charge on any atom is 0.0739 e. The second kappa shape index (κ2) is 8.12. The summed E-state index contributed by atoms with van der Waals surface area (Å²) in [6.07, 6.45) is 10.9. The molecule has 89 valence electrons. The van der Waals surface area contributed by atoms with Crippen LogP contribution in [0.25, 0.3) is 0 Å². The van der Waals surface area contributed by atoms with E-state index in [2.05, 4.69) is 19.2 Å². The maximum atomic E-state index is 4.93. The minimum Gasteiger partial charge on any atom is -0.301 e. The molecule has 1 radical (unpaired) electrons. The van der Waals surface area contributed by atoms with E-state index in [1.165, 1.54) is 51.4 Å². The van der Waals surface area contributed by atoms with Crippen molar-refractivity contribution in [2.24, 2.45) is 0 Å². The molecule has 0 aromatic carbocycles. The fraction of sp³-hybridized carbons (Fsp3) is 1.00. The van der Waals surface area contributed by atoms with E-state index in [4.69, 9.17) is 5.32 Å².